The zero-order chi connectivity index (χ0) is 15.3. The molecule has 0 aliphatic carbocycles. The summed E-state index contributed by atoms with van der Waals surface area (Å²) in [7, 11) is -4.34. The van der Waals surface area contributed by atoms with E-state index in [1.165, 1.54) is 12.1 Å². The Balaban J connectivity index is 2.95. The Labute approximate surface area is 114 Å². The Kier molecular flexibility index (Phi) is 5.17. The van der Waals surface area contributed by atoms with Crippen LogP contribution < -0.4 is 10.5 Å². The summed E-state index contributed by atoms with van der Waals surface area (Å²) in [6, 6.07) is 2.98. The number of nitrogens with two attached hydrogens (primary N) is 1. The van der Waals surface area contributed by atoms with Crippen molar-refractivity contribution in [3.05, 3.63) is 30.1 Å². The SMILES string of the molecule is NC(=O)CCC(NS(=O)(=O)c1ccccc1F)C(=O)O. The van der Waals surface area contributed by atoms with Gasteiger partial charge >= 0.3 is 5.97 Å². The molecule has 1 atom stereocenters. The van der Waals surface area contributed by atoms with E-state index in [0.717, 1.165) is 12.1 Å². The number of nitrogens with one attached hydrogen (secondary N) is 1. The fraction of sp³-hybridized carbons (Fsp3) is 0.273. The maximum Gasteiger partial charge on any atom is 0.321 e. The molecule has 0 aliphatic heterocycles. The van der Waals surface area contributed by atoms with Crippen molar-refractivity contribution in [2.45, 2.75) is 23.8 Å². The van der Waals surface area contributed by atoms with Gasteiger partial charge in [0.05, 0.1) is 0 Å². The zero-order valence-electron chi connectivity index (χ0n) is 10.2. The number of carbonyl (C=O) groups is 2. The van der Waals surface area contributed by atoms with Gasteiger partial charge in [-0.15, -0.1) is 0 Å². The molecule has 1 rings (SSSR count). The van der Waals surface area contributed by atoms with Crippen molar-refractivity contribution < 1.29 is 27.5 Å². The minimum Gasteiger partial charge on any atom is -0.480 e. The van der Waals surface area contributed by atoms with Crippen LogP contribution in [0.4, 0.5) is 4.39 Å². The molecule has 1 unspecified atom stereocenters. The van der Waals surface area contributed by atoms with Crippen molar-refractivity contribution in [2.75, 3.05) is 0 Å². The number of hydrogen-bond acceptors (Lipinski definition) is 4. The Hall–Kier alpha value is -2.00. The molecule has 0 radical (unpaired) electrons. The third-order valence-corrected chi connectivity index (χ3v) is 3.91. The van der Waals surface area contributed by atoms with Crippen molar-refractivity contribution in [1.29, 1.82) is 0 Å². The number of carbonyl (C=O) groups excluding carboxylic acids is 1. The lowest BCUT2D eigenvalue weighted by Crippen LogP contribution is -2.41. The second-order valence-electron chi connectivity index (χ2n) is 3.95. The molecule has 0 bridgehead atoms. The molecule has 0 aromatic heterocycles. The summed E-state index contributed by atoms with van der Waals surface area (Å²) in [6.45, 7) is 0. The summed E-state index contributed by atoms with van der Waals surface area (Å²) >= 11 is 0. The van der Waals surface area contributed by atoms with Crippen LogP contribution in [0.5, 0.6) is 0 Å². The highest BCUT2D eigenvalue weighted by Gasteiger charge is 2.27. The van der Waals surface area contributed by atoms with Gasteiger partial charge in [-0.1, -0.05) is 12.1 Å². The quantitative estimate of drug-likeness (QED) is 0.644. The molecule has 0 saturated carbocycles. The van der Waals surface area contributed by atoms with Crippen molar-refractivity contribution in [1.82, 2.24) is 4.72 Å². The summed E-state index contributed by atoms with van der Waals surface area (Å²) in [4.78, 5) is 20.9. The molecule has 1 aromatic rings. The number of sulfonamides is 1. The van der Waals surface area contributed by atoms with Gasteiger partial charge in [-0.2, -0.15) is 4.72 Å². The number of primary amides is 1. The maximum absolute atomic E-state index is 13.4. The molecule has 110 valence electrons. The number of carboxylic acid groups (broad SMARTS) is 1. The first-order valence-electron chi connectivity index (χ1n) is 5.52. The van der Waals surface area contributed by atoms with E-state index in [0.29, 0.717) is 0 Å². The van der Waals surface area contributed by atoms with Gasteiger partial charge in [-0.05, 0) is 18.6 Å². The van der Waals surface area contributed by atoms with Crippen LogP contribution in [0.3, 0.4) is 0 Å². The Morgan fingerprint density at radius 3 is 2.45 bits per heavy atom. The second-order valence-corrected chi connectivity index (χ2v) is 5.63. The molecular formula is C11H13FN2O5S. The average molecular weight is 304 g/mol. The fourth-order valence-electron chi connectivity index (χ4n) is 1.43. The zero-order valence-corrected chi connectivity index (χ0v) is 11.1. The lowest BCUT2D eigenvalue weighted by Gasteiger charge is -2.14. The van der Waals surface area contributed by atoms with Gasteiger partial charge in [0.1, 0.15) is 16.8 Å². The summed E-state index contributed by atoms with van der Waals surface area (Å²) in [5.74, 6) is -3.24. The van der Waals surface area contributed by atoms with Gasteiger partial charge in [0, 0.05) is 6.42 Å². The first-order valence-corrected chi connectivity index (χ1v) is 7.00. The Morgan fingerprint density at radius 2 is 1.95 bits per heavy atom. The predicted molar refractivity (Wildman–Crippen MR) is 66.6 cm³/mol. The maximum atomic E-state index is 13.4. The van der Waals surface area contributed by atoms with E-state index in [-0.39, 0.29) is 12.8 Å². The van der Waals surface area contributed by atoms with Gasteiger partial charge in [0.25, 0.3) is 0 Å². The smallest absolute Gasteiger partial charge is 0.321 e. The number of halogens is 1. The predicted octanol–water partition coefficient (Wildman–Crippen LogP) is -0.177. The van der Waals surface area contributed by atoms with Crippen LogP contribution in [0.15, 0.2) is 29.2 Å². The molecule has 1 aromatic carbocycles. The van der Waals surface area contributed by atoms with Crippen LogP contribution in [0.25, 0.3) is 0 Å². The van der Waals surface area contributed by atoms with Gasteiger partial charge in [-0.3, -0.25) is 9.59 Å². The van der Waals surface area contributed by atoms with Crippen LogP contribution >= 0.6 is 0 Å². The highest BCUT2D eigenvalue weighted by atomic mass is 32.2. The van der Waals surface area contributed by atoms with E-state index in [1.807, 2.05) is 4.72 Å². The lowest BCUT2D eigenvalue weighted by molar-refractivity contribution is -0.139. The number of amides is 1. The third-order valence-electron chi connectivity index (χ3n) is 2.40. The molecule has 0 saturated heterocycles. The van der Waals surface area contributed by atoms with Crippen LogP contribution in [0.1, 0.15) is 12.8 Å². The largest absolute Gasteiger partial charge is 0.480 e. The first-order chi connectivity index (χ1) is 9.24. The van der Waals surface area contributed by atoms with Crippen molar-refractivity contribution in [3.8, 4) is 0 Å². The van der Waals surface area contributed by atoms with Gasteiger partial charge < -0.3 is 10.8 Å². The minimum absolute atomic E-state index is 0.309. The van der Waals surface area contributed by atoms with Crippen LogP contribution in [0, 0.1) is 5.82 Å². The molecule has 0 spiro atoms. The standard InChI is InChI=1S/C11H13FN2O5S/c12-7-3-1-2-4-9(7)20(18,19)14-8(11(16)17)5-6-10(13)15/h1-4,8,14H,5-6H2,(H2,13,15)(H,16,17). The van der Waals surface area contributed by atoms with E-state index in [4.69, 9.17) is 10.8 Å². The molecule has 9 heteroatoms. The summed E-state index contributed by atoms with van der Waals surface area (Å²) in [5, 5.41) is 8.89. The highest BCUT2D eigenvalue weighted by Crippen LogP contribution is 2.14. The molecule has 7 nitrogen and oxygen atoms in total. The average Bonchev–Trinajstić information content (AvgIpc) is 2.34. The van der Waals surface area contributed by atoms with Crippen LogP contribution in [-0.2, 0) is 19.6 Å². The van der Waals surface area contributed by atoms with Gasteiger partial charge in [0.2, 0.25) is 15.9 Å². The number of hydrogen-bond donors (Lipinski definition) is 3. The second kappa shape index (κ2) is 6.44. The van der Waals surface area contributed by atoms with Crippen molar-refractivity contribution in [2.24, 2.45) is 5.73 Å². The minimum atomic E-state index is -4.34. The molecule has 0 fully saturated rings. The summed E-state index contributed by atoms with van der Waals surface area (Å²) in [6.07, 6.45) is -0.630. The first kappa shape index (κ1) is 16.1. The van der Waals surface area contributed by atoms with E-state index >= 15 is 0 Å². The van der Waals surface area contributed by atoms with Crippen molar-refractivity contribution in [3.63, 3.8) is 0 Å². The van der Waals surface area contributed by atoms with Gasteiger partial charge in [-0.25, -0.2) is 12.8 Å². The Morgan fingerprint density at radius 1 is 1.35 bits per heavy atom. The summed E-state index contributed by atoms with van der Waals surface area (Å²) in [5.41, 5.74) is 4.87. The molecule has 0 aliphatic rings. The molecule has 4 N–H and O–H groups in total. The number of carboxylic acids is 1. The number of aliphatic carboxylic acids is 1. The third kappa shape index (κ3) is 4.28. The molecule has 0 heterocycles. The fourth-order valence-corrected chi connectivity index (χ4v) is 2.74. The highest BCUT2D eigenvalue weighted by molar-refractivity contribution is 7.89. The van der Waals surface area contributed by atoms with Gasteiger partial charge in [0.15, 0.2) is 0 Å². The van der Waals surface area contributed by atoms with E-state index in [9.17, 15) is 22.4 Å². The normalized spacial score (nSPS) is 12.8. The number of benzene rings is 1. The van der Waals surface area contributed by atoms with E-state index < -0.39 is 38.7 Å². The van der Waals surface area contributed by atoms with Crippen molar-refractivity contribution >= 4 is 21.9 Å². The van der Waals surface area contributed by atoms with Crippen LogP contribution in [0.2, 0.25) is 0 Å². The topological polar surface area (TPSA) is 127 Å². The molecular weight excluding hydrogens is 291 g/mol. The van der Waals surface area contributed by atoms with E-state index in [2.05, 4.69) is 0 Å². The summed E-state index contributed by atoms with van der Waals surface area (Å²) < 4.78 is 39.0. The monoisotopic (exact) mass is 304 g/mol. The van der Waals surface area contributed by atoms with Crippen LogP contribution in [-0.4, -0.2) is 31.4 Å². The molecule has 20 heavy (non-hydrogen) atoms. The number of rotatable bonds is 7. The molecule has 1 amide bonds. The lowest BCUT2D eigenvalue weighted by atomic mass is 10.2. The van der Waals surface area contributed by atoms with E-state index in [1.54, 1.807) is 0 Å². The Bertz CT molecular complexity index is 617.